The monoisotopic (exact) mass is 260 g/mol. The van der Waals surface area contributed by atoms with Crippen LogP contribution in [0, 0.1) is 19.8 Å². The van der Waals surface area contributed by atoms with Crippen molar-refractivity contribution in [1.82, 2.24) is 4.90 Å². The summed E-state index contributed by atoms with van der Waals surface area (Å²) in [5.74, 6) is 0.654. The number of hydrogen-bond donors (Lipinski definition) is 1. The minimum Gasteiger partial charge on any atom is -0.327 e. The van der Waals surface area contributed by atoms with E-state index in [0.717, 1.165) is 19.5 Å². The highest BCUT2D eigenvalue weighted by Gasteiger charge is 2.28. The third kappa shape index (κ3) is 3.18. The van der Waals surface area contributed by atoms with Gasteiger partial charge in [-0.05, 0) is 44.2 Å². The number of hydrogen-bond acceptors (Lipinski definition) is 2. The van der Waals surface area contributed by atoms with Crippen molar-refractivity contribution in [3.8, 4) is 0 Å². The lowest BCUT2D eigenvalue weighted by atomic mass is 9.88. The van der Waals surface area contributed by atoms with Crippen LogP contribution in [0.2, 0.25) is 0 Å². The Balaban J connectivity index is 2.15. The Labute approximate surface area is 118 Å². The normalized spacial score (nSPS) is 26.4. The predicted octanol–water partition coefficient (Wildman–Crippen LogP) is 3.42. The van der Waals surface area contributed by atoms with E-state index >= 15 is 0 Å². The van der Waals surface area contributed by atoms with Gasteiger partial charge in [0.2, 0.25) is 0 Å². The second-order valence-electron chi connectivity index (χ2n) is 6.15. The maximum Gasteiger partial charge on any atom is 0.0322 e. The third-order valence-electron chi connectivity index (χ3n) is 4.78. The summed E-state index contributed by atoms with van der Waals surface area (Å²) in [6.45, 7) is 11.3. The second kappa shape index (κ2) is 6.06. The first kappa shape index (κ1) is 14.5. The average molecular weight is 260 g/mol. The molecule has 106 valence electrons. The molecule has 1 saturated heterocycles. The molecule has 1 heterocycles. The smallest absolute Gasteiger partial charge is 0.0322 e. The van der Waals surface area contributed by atoms with Crippen molar-refractivity contribution in [2.75, 3.05) is 13.1 Å². The van der Waals surface area contributed by atoms with Crippen LogP contribution in [0.1, 0.15) is 49.4 Å². The van der Waals surface area contributed by atoms with Crippen LogP contribution in [0.25, 0.3) is 0 Å². The van der Waals surface area contributed by atoms with Crippen LogP contribution in [0.5, 0.6) is 0 Å². The van der Waals surface area contributed by atoms with Gasteiger partial charge in [-0.1, -0.05) is 37.1 Å². The number of rotatable bonds is 3. The summed E-state index contributed by atoms with van der Waals surface area (Å²) >= 11 is 0. The van der Waals surface area contributed by atoms with E-state index in [1.54, 1.807) is 0 Å². The van der Waals surface area contributed by atoms with Crippen LogP contribution < -0.4 is 5.73 Å². The molecule has 0 spiro atoms. The van der Waals surface area contributed by atoms with E-state index in [1.165, 1.54) is 23.1 Å². The molecule has 1 aliphatic rings. The van der Waals surface area contributed by atoms with Crippen molar-refractivity contribution in [2.45, 2.75) is 52.6 Å². The summed E-state index contributed by atoms with van der Waals surface area (Å²) in [4.78, 5) is 2.61. The summed E-state index contributed by atoms with van der Waals surface area (Å²) in [7, 11) is 0. The van der Waals surface area contributed by atoms with Crippen LogP contribution >= 0.6 is 0 Å². The number of piperidine rings is 1. The van der Waals surface area contributed by atoms with Gasteiger partial charge in [-0.15, -0.1) is 0 Å². The van der Waals surface area contributed by atoms with Gasteiger partial charge in [0.05, 0.1) is 0 Å². The Kier molecular flexibility index (Phi) is 4.64. The topological polar surface area (TPSA) is 29.3 Å². The standard InChI is InChI=1S/C17H28N2/c1-5-15-11-19(9-8-17(15)18)14(4)16-10-12(2)6-7-13(16)3/h6-7,10,14-15,17H,5,8-9,11,18H2,1-4H3. The highest BCUT2D eigenvalue weighted by atomic mass is 15.2. The van der Waals surface area contributed by atoms with Crippen LogP contribution in [0.4, 0.5) is 0 Å². The van der Waals surface area contributed by atoms with Gasteiger partial charge < -0.3 is 5.73 Å². The molecular weight excluding hydrogens is 232 g/mol. The first-order valence-electron chi connectivity index (χ1n) is 7.59. The molecule has 1 aliphatic heterocycles. The fourth-order valence-electron chi connectivity index (χ4n) is 3.27. The highest BCUT2D eigenvalue weighted by molar-refractivity contribution is 5.32. The number of aryl methyl sites for hydroxylation is 2. The fraction of sp³-hybridized carbons (Fsp3) is 0.647. The molecule has 0 aromatic heterocycles. The van der Waals surface area contributed by atoms with Crippen LogP contribution in [0.15, 0.2) is 18.2 Å². The number of benzene rings is 1. The molecule has 0 amide bonds. The highest BCUT2D eigenvalue weighted by Crippen LogP contribution is 2.29. The third-order valence-corrected chi connectivity index (χ3v) is 4.78. The fourth-order valence-corrected chi connectivity index (χ4v) is 3.27. The molecule has 1 aromatic carbocycles. The molecule has 0 bridgehead atoms. The molecule has 3 unspecified atom stereocenters. The minimum atomic E-state index is 0.395. The van der Waals surface area contributed by atoms with Gasteiger partial charge in [0, 0.05) is 25.2 Å². The van der Waals surface area contributed by atoms with Gasteiger partial charge in [-0.3, -0.25) is 4.90 Å². The van der Waals surface area contributed by atoms with Crippen molar-refractivity contribution in [2.24, 2.45) is 11.7 Å². The molecule has 0 aliphatic carbocycles. The first-order chi connectivity index (χ1) is 9.02. The molecule has 1 fully saturated rings. The van der Waals surface area contributed by atoms with Crippen molar-refractivity contribution in [3.63, 3.8) is 0 Å². The average Bonchev–Trinajstić information content (AvgIpc) is 2.41. The molecule has 2 N–H and O–H groups in total. The van der Waals surface area contributed by atoms with Gasteiger partial charge in [-0.2, -0.15) is 0 Å². The van der Waals surface area contributed by atoms with Gasteiger partial charge in [0.25, 0.3) is 0 Å². The molecule has 2 nitrogen and oxygen atoms in total. The zero-order chi connectivity index (χ0) is 14.0. The number of likely N-dealkylation sites (tertiary alicyclic amines) is 1. The van der Waals surface area contributed by atoms with Gasteiger partial charge >= 0.3 is 0 Å². The lowest BCUT2D eigenvalue weighted by molar-refractivity contribution is 0.114. The quantitative estimate of drug-likeness (QED) is 0.902. The maximum absolute atomic E-state index is 6.22. The Bertz CT molecular complexity index is 427. The van der Waals surface area contributed by atoms with Crippen molar-refractivity contribution in [3.05, 3.63) is 34.9 Å². The van der Waals surface area contributed by atoms with Crippen LogP contribution in [0.3, 0.4) is 0 Å². The van der Waals surface area contributed by atoms with E-state index in [2.05, 4.69) is 50.8 Å². The van der Waals surface area contributed by atoms with Crippen molar-refractivity contribution < 1.29 is 0 Å². The summed E-state index contributed by atoms with van der Waals surface area (Å²) < 4.78 is 0. The van der Waals surface area contributed by atoms with Crippen molar-refractivity contribution in [1.29, 1.82) is 0 Å². The van der Waals surface area contributed by atoms with Crippen molar-refractivity contribution >= 4 is 0 Å². The molecule has 3 atom stereocenters. The SMILES string of the molecule is CCC1CN(C(C)c2cc(C)ccc2C)CCC1N. The molecular formula is C17H28N2. The lowest BCUT2D eigenvalue weighted by Crippen LogP contribution is -2.47. The lowest BCUT2D eigenvalue weighted by Gasteiger charge is -2.40. The van der Waals surface area contributed by atoms with Gasteiger partial charge in [-0.25, -0.2) is 0 Å². The molecule has 2 heteroatoms. The number of nitrogens with zero attached hydrogens (tertiary/aromatic N) is 1. The van der Waals surface area contributed by atoms with E-state index in [4.69, 9.17) is 5.73 Å². The molecule has 2 rings (SSSR count). The maximum atomic E-state index is 6.22. The second-order valence-corrected chi connectivity index (χ2v) is 6.15. The Morgan fingerprint density at radius 3 is 2.79 bits per heavy atom. The molecule has 0 saturated carbocycles. The van der Waals surface area contributed by atoms with E-state index in [-0.39, 0.29) is 0 Å². The van der Waals surface area contributed by atoms with Gasteiger partial charge in [0.15, 0.2) is 0 Å². The van der Waals surface area contributed by atoms with E-state index < -0.39 is 0 Å². The number of nitrogens with two attached hydrogens (primary N) is 1. The Hall–Kier alpha value is -0.860. The van der Waals surface area contributed by atoms with Crippen LogP contribution in [-0.2, 0) is 0 Å². The molecule has 19 heavy (non-hydrogen) atoms. The van der Waals surface area contributed by atoms with E-state index in [1.807, 2.05) is 0 Å². The molecule has 0 radical (unpaired) electrons. The summed E-state index contributed by atoms with van der Waals surface area (Å²) in [6.07, 6.45) is 2.32. The summed E-state index contributed by atoms with van der Waals surface area (Å²) in [5, 5.41) is 0. The Morgan fingerprint density at radius 2 is 2.11 bits per heavy atom. The van der Waals surface area contributed by atoms with E-state index in [0.29, 0.717) is 18.0 Å². The van der Waals surface area contributed by atoms with E-state index in [9.17, 15) is 0 Å². The first-order valence-corrected chi connectivity index (χ1v) is 7.59. The molecule has 1 aromatic rings. The minimum absolute atomic E-state index is 0.395. The Morgan fingerprint density at radius 1 is 1.37 bits per heavy atom. The summed E-state index contributed by atoms with van der Waals surface area (Å²) in [5.41, 5.74) is 10.5. The largest absolute Gasteiger partial charge is 0.327 e. The van der Waals surface area contributed by atoms with Gasteiger partial charge in [0.1, 0.15) is 0 Å². The van der Waals surface area contributed by atoms with Crippen LogP contribution in [-0.4, -0.2) is 24.0 Å². The summed E-state index contributed by atoms with van der Waals surface area (Å²) in [6, 6.07) is 7.68. The predicted molar refractivity (Wildman–Crippen MR) is 82.3 cm³/mol. The zero-order valence-corrected chi connectivity index (χ0v) is 12.8. The zero-order valence-electron chi connectivity index (χ0n) is 12.8.